The summed E-state index contributed by atoms with van der Waals surface area (Å²) in [5, 5.41) is 13.8. The third-order valence-corrected chi connectivity index (χ3v) is 12.8. The molecule has 0 aliphatic carbocycles. The van der Waals surface area contributed by atoms with E-state index >= 15 is 0 Å². The molecular weight excluding hydrogens is 875 g/mol. The monoisotopic (exact) mass is 935 g/mol. The molecule has 6 rings (SSSR count). The second-order valence-electron chi connectivity index (χ2n) is 17.0. The Morgan fingerprint density at radius 1 is 0.909 bits per heavy atom. The van der Waals surface area contributed by atoms with Gasteiger partial charge in [0, 0.05) is 63.4 Å². The van der Waals surface area contributed by atoms with Crippen molar-refractivity contribution < 1.29 is 34.4 Å². The Morgan fingerprint density at radius 2 is 1.56 bits per heavy atom. The average Bonchev–Trinajstić information content (AvgIpc) is 3.74. The van der Waals surface area contributed by atoms with E-state index in [4.69, 9.17) is 9.40 Å². The van der Waals surface area contributed by atoms with Crippen LogP contribution in [0.25, 0.3) is 54.3 Å². The molecule has 6 aromatic rings. The number of fused-ring (bicyclic) bond motifs is 3. The summed E-state index contributed by atoms with van der Waals surface area (Å²) in [4.78, 5) is 18.7. The Kier molecular flexibility index (Phi) is 14.2. The SMILES string of the molecule is CCC(C)(CC)C(=O)/C=C(\O)C(C)(CC)CC.Cc1coc2c(-c3ccc4cc(CC(C)C)sc4c3)cc(-c3[c-]c4ccccc4c(C(C)(C)C)c3)nc12.[Ir]. The zero-order valence-electron chi connectivity index (χ0n) is 35.0. The summed E-state index contributed by atoms with van der Waals surface area (Å²) in [5.41, 5.74) is 7.69. The fraction of sp³-hybridized carbons (Fsp3) is 0.429. The van der Waals surface area contributed by atoms with Crippen LogP contribution in [0.2, 0.25) is 0 Å². The summed E-state index contributed by atoms with van der Waals surface area (Å²) >= 11 is 1.90. The molecule has 1 radical (unpaired) electrons. The van der Waals surface area contributed by atoms with E-state index in [1.165, 1.54) is 32.0 Å². The fourth-order valence-corrected chi connectivity index (χ4v) is 8.22. The van der Waals surface area contributed by atoms with Gasteiger partial charge in [0.05, 0.1) is 6.26 Å². The van der Waals surface area contributed by atoms with E-state index < -0.39 is 0 Å². The van der Waals surface area contributed by atoms with Crippen molar-refractivity contribution in [2.75, 3.05) is 0 Å². The number of pyridine rings is 1. The number of ketones is 1. The van der Waals surface area contributed by atoms with Gasteiger partial charge in [0.25, 0.3) is 0 Å². The van der Waals surface area contributed by atoms with Crippen LogP contribution in [0.3, 0.4) is 0 Å². The molecule has 3 aromatic carbocycles. The van der Waals surface area contributed by atoms with Crippen molar-refractivity contribution in [3.63, 3.8) is 0 Å². The number of rotatable bonds is 11. The van der Waals surface area contributed by atoms with Gasteiger partial charge in [-0.3, -0.25) is 9.78 Å². The summed E-state index contributed by atoms with van der Waals surface area (Å²) in [6.45, 7) is 25.5. The molecule has 0 amide bonds. The minimum Gasteiger partial charge on any atom is -0.512 e. The molecule has 0 unspecified atom stereocenters. The van der Waals surface area contributed by atoms with Gasteiger partial charge < -0.3 is 9.52 Å². The van der Waals surface area contributed by atoms with Crippen molar-refractivity contribution >= 4 is 49.1 Å². The van der Waals surface area contributed by atoms with Crippen LogP contribution in [0.1, 0.15) is 118 Å². The number of furan rings is 1. The normalized spacial score (nSPS) is 12.6. The molecule has 0 bridgehead atoms. The molecule has 3 heterocycles. The molecule has 6 heteroatoms. The van der Waals surface area contributed by atoms with Gasteiger partial charge in [0.15, 0.2) is 11.4 Å². The molecule has 1 N–H and O–H groups in total. The third kappa shape index (κ3) is 9.53. The number of aromatic nitrogens is 1. The molecular formula is C49H60IrNO3S-. The zero-order valence-corrected chi connectivity index (χ0v) is 38.2. The van der Waals surface area contributed by atoms with Crippen LogP contribution >= 0.6 is 11.3 Å². The first-order chi connectivity index (χ1) is 25.5. The summed E-state index contributed by atoms with van der Waals surface area (Å²) in [7, 11) is 0. The number of allylic oxidation sites excluding steroid dienone is 2. The first-order valence-corrected chi connectivity index (χ1v) is 20.6. The Morgan fingerprint density at radius 3 is 2.18 bits per heavy atom. The molecule has 0 fully saturated rings. The summed E-state index contributed by atoms with van der Waals surface area (Å²) in [6, 6.07) is 25.8. The predicted molar refractivity (Wildman–Crippen MR) is 232 cm³/mol. The van der Waals surface area contributed by atoms with Gasteiger partial charge in [-0.25, -0.2) is 0 Å². The molecule has 0 aliphatic rings. The minimum atomic E-state index is -0.337. The molecule has 55 heavy (non-hydrogen) atoms. The number of thiophene rings is 1. The molecule has 0 saturated carbocycles. The molecule has 4 nitrogen and oxygen atoms in total. The van der Waals surface area contributed by atoms with Gasteiger partial charge in [-0.15, -0.1) is 40.5 Å². The van der Waals surface area contributed by atoms with E-state index in [0.29, 0.717) is 5.92 Å². The Balaban J connectivity index is 0.000000320. The van der Waals surface area contributed by atoms with Gasteiger partial charge >= 0.3 is 0 Å². The number of aryl methyl sites for hydroxylation is 1. The molecule has 0 atom stereocenters. The maximum Gasteiger partial charge on any atom is 0.164 e. The van der Waals surface area contributed by atoms with E-state index in [-0.39, 0.29) is 47.9 Å². The van der Waals surface area contributed by atoms with Crippen molar-refractivity contribution in [1.82, 2.24) is 4.98 Å². The van der Waals surface area contributed by atoms with Gasteiger partial charge in [0.2, 0.25) is 0 Å². The van der Waals surface area contributed by atoms with Crippen LogP contribution in [0.4, 0.5) is 0 Å². The first-order valence-electron chi connectivity index (χ1n) is 19.8. The number of benzene rings is 3. The maximum absolute atomic E-state index is 12.2. The van der Waals surface area contributed by atoms with Crippen molar-refractivity contribution in [2.24, 2.45) is 16.7 Å². The molecule has 0 spiro atoms. The summed E-state index contributed by atoms with van der Waals surface area (Å²) in [6.07, 6.45) is 7.69. The van der Waals surface area contributed by atoms with E-state index in [2.05, 4.69) is 108 Å². The first kappa shape index (κ1) is 44.1. The fourth-order valence-electron chi connectivity index (χ4n) is 6.90. The van der Waals surface area contributed by atoms with E-state index in [1.807, 2.05) is 59.1 Å². The van der Waals surface area contributed by atoms with Gasteiger partial charge in [0.1, 0.15) is 11.3 Å². The molecule has 0 aliphatic heterocycles. The van der Waals surface area contributed by atoms with Crippen LogP contribution in [-0.2, 0) is 36.7 Å². The van der Waals surface area contributed by atoms with Crippen molar-refractivity contribution in [2.45, 2.75) is 121 Å². The van der Waals surface area contributed by atoms with E-state index in [1.54, 1.807) is 0 Å². The van der Waals surface area contributed by atoms with Crippen molar-refractivity contribution in [3.05, 3.63) is 101 Å². The quantitative estimate of drug-likeness (QED) is 0.0799. The number of carbonyl (C=O) groups excluding carboxylic acids is 1. The average molecular weight is 935 g/mol. The second-order valence-corrected chi connectivity index (χ2v) is 18.2. The number of nitrogens with zero attached hydrogens (tertiary/aromatic N) is 1. The molecule has 295 valence electrons. The summed E-state index contributed by atoms with van der Waals surface area (Å²) in [5.74, 6) is 0.936. The third-order valence-electron chi connectivity index (χ3n) is 11.7. The van der Waals surface area contributed by atoms with Gasteiger partial charge in [-0.2, -0.15) is 0 Å². The van der Waals surface area contributed by atoms with Crippen LogP contribution in [0.15, 0.2) is 83.2 Å². The zero-order chi connectivity index (χ0) is 39.6. The van der Waals surface area contributed by atoms with Crippen molar-refractivity contribution in [3.8, 4) is 22.4 Å². The standard InChI is InChI=1S/C34H32NOS.C15H28O2.Ir/c1-20(2)13-26-15-24-12-11-23(17-31(24)37-26)28-18-30(35-32-21(3)19-36-33(28)32)25-14-22-9-7-8-10-27(22)29(16-25)34(4,5)6;1-7-14(5,8-2)12(16)11-13(17)15(6,9-3)10-4;/h7-12,15-20H,13H2,1-6H3;11,16H,7-10H2,1-6H3;/q-1;;/b;12-11-;. The van der Waals surface area contributed by atoms with Crippen LogP contribution in [-0.4, -0.2) is 15.9 Å². The van der Waals surface area contributed by atoms with Gasteiger partial charge in [-0.05, 0) is 73.4 Å². The predicted octanol–water partition coefficient (Wildman–Crippen LogP) is 14.8. The van der Waals surface area contributed by atoms with Crippen LogP contribution in [0.5, 0.6) is 0 Å². The molecule has 3 aromatic heterocycles. The number of aliphatic hydroxyl groups is 1. The Labute approximate surface area is 347 Å². The number of aliphatic hydroxyl groups excluding tert-OH is 1. The van der Waals surface area contributed by atoms with Crippen LogP contribution < -0.4 is 0 Å². The van der Waals surface area contributed by atoms with Crippen molar-refractivity contribution in [1.29, 1.82) is 0 Å². The topological polar surface area (TPSA) is 63.3 Å². The number of hydrogen-bond donors (Lipinski definition) is 1. The smallest absolute Gasteiger partial charge is 0.164 e. The van der Waals surface area contributed by atoms with Gasteiger partial charge in [-0.1, -0.05) is 124 Å². The number of carbonyl (C=O) groups is 1. The second kappa shape index (κ2) is 17.7. The molecule has 0 saturated heterocycles. The Hall–Kier alpha value is -3.57. The van der Waals surface area contributed by atoms with E-state index in [9.17, 15) is 9.90 Å². The number of hydrogen-bond acceptors (Lipinski definition) is 5. The Bertz CT molecular complexity index is 2290. The largest absolute Gasteiger partial charge is 0.512 e. The maximum atomic E-state index is 12.2. The van der Waals surface area contributed by atoms with Crippen LogP contribution in [0, 0.1) is 29.7 Å². The summed E-state index contributed by atoms with van der Waals surface area (Å²) < 4.78 is 7.39. The van der Waals surface area contributed by atoms with E-state index in [0.717, 1.165) is 76.5 Å². The minimum absolute atomic E-state index is 0.